The first-order valence-electron chi connectivity index (χ1n) is 9.36. The molecule has 1 amide bonds. The second kappa shape index (κ2) is 8.47. The second-order valence-corrected chi connectivity index (χ2v) is 7.63. The van der Waals surface area contributed by atoms with Crippen molar-refractivity contribution < 1.29 is 4.79 Å². The first-order chi connectivity index (χ1) is 14.5. The molecule has 4 aromatic rings. The number of hydrogen-bond acceptors (Lipinski definition) is 3. The molecule has 1 aromatic heterocycles. The van der Waals surface area contributed by atoms with Gasteiger partial charge in [-0.15, -0.1) is 0 Å². The summed E-state index contributed by atoms with van der Waals surface area (Å²) in [6.07, 6.45) is 0. The monoisotopic (exact) mass is 459 g/mol. The lowest BCUT2D eigenvalue weighted by atomic mass is 10.0. The zero-order valence-corrected chi connectivity index (χ0v) is 17.8. The molecule has 0 fully saturated rings. The Morgan fingerprint density at radius 2 is 1.60 bits per heavy atom. The molecule has 0 aliphatic heterocycles. The summed E-state index contributed by atoms with van der Waals surface area (Å²) in [6, 6.07) is 25.8. The van der Waals surface area contributed by atoms with Gasteiger partial charge in [-0.05, 0) is 42.8 Å². The lowest BCUT2D eigenvalue weighted by Crippen LogP contribution is -2.24. The number of carbonyl (C=O) groups excluding carboxylic acids is 1. The molecule has 5 nitrogen and oxygen atoms in total. The zero-order chi connectivity index (χ0) is 21.1. The van der Waals surface area contributed by atoms with Gasteiger partial charge >= 0.3 is 0 Å². The summed E-state index contributed by atoms with van der Waals surface area (Å²) in [6.45, 7) is 1.67. The molecule has 0 spiro atoms. The number of carbonyl (C=O) groups is 1. The Morgan fingerprint density at radius 1 is 0.933 bits per heavy atom. The van der Waals surface area contributed by atoms with Crippen LogP contribution in [0.3, 0.4) is 0 Å². The maximum Gasteiger partial charge on any atom is 0.256 e. The predicted octanol–water partition coefficient (Wildman–Crippen LogP) is 5.22. The quantitative estimate of drug-likeness (QED) is 0.454. The first kappa shape index (κ1) is 19.8. The third-order valence-corrected chi connectivity index (χ3v) is 5.13. The van der Waals surface area contributed by atoms with Gasteiger partial charge in [0.2, 0.25) is 5.43 Å². The van der Waals surface area contributed by atoms with Crippen molar-refractivity contribution in [3.8, 4) is 16.8 Å². The van der Waals surface area contributed by atoms with Crippen LogP contribution < -0.4 is 10.7 Å². The minimum atomic E-state index is -0.330. The highest BCUT2D eigenvalue weighted by atomic mass is 79.9. The minimum absolute atomic E-state index is 0.224. The molecule has 0 aliphatic rings. The van der Waals surface area contributed by atoms with E-state index in [4.69, 9.17) is 0 Å². The highest BCUT2D eigenvalue weighted by molar-refractivity contribution is 9.10. The summed E-state index contributed by atoms with van der Waals surface area (Å²) >= 11 is 3.39. The standard InChI is InChI=1S/C24H18BrN3O2/c1-16-22(29)21(17-9-4-2-5-10-17)23(28(27-16)20-13-6-3-7-14-20)26-24(30)18-11-8-12-19(25)15-18/h2-15H,1H3,(H,26,30). The largest absolute Gasteiger partial charge is 0.306 e. The summed E-state index contributed by atoms with van der Waals surface area (Å²) in [5, 5.41) is 7.40. The third kappa shape index (κ3) is 3.95. The average Bonchev–Trinajstić information content (AvgIpc) is 2.77. The number of benzene rings is 3. The van der Waals surface area contributed by atoms with E-state index in [0.29, 0.717) is 28.2 Å². The Labute approximate surface area is 182 Å². The lowest BCUT2D eigenvalue weighted by Gasteiger charge is -2.18. The van der Waals surface area contributed by atoms with Crippen LogP contribution in [-0.4, -0.2) is 15.7 Å². The number of nitrogens with zero attached hydrogens (tertiary/aromatic N) is 2. The Bertz CT molecular complexity index is 1270. The predicted molar refractivity (Wildman–Crippen MR) is 122 cm³/mol. The van der Waals surface area contributed by atoms with Gasteiger partial charge in [-0.2, -0.15) is 5.10 Å². The van der Waals surface area contributed by atoms with Crippen molar-refractivity contribution in [2.45, 2.75) is 6.92 Å². The van der Waals surface area contributed by atoms with Crippen LogP contribution in [0, 0.1) is 6.92 Å². The molecule has 3 aromatic carbocycles. The van der Waals surface area contributed by atoms with Crippen LogP contribution in [0.2, 0.25) is 0 Å². The molecule has 0 saturated heterocycles. The smallest absolute Gasteiger partial charge is 0.256 e. The second-order valence-electron chi connectivity index (χ2n) is 6.72. The van der Waals surface area contributed by atoms with Crippen molar-refractivity contribution in [2.75, 3.05) is 5.32 Å². The van der Waals surface area contributed by atoms with Gasteiger partial charge in [-0.25, -0.2) is 4.68 Å². The summed E-state index contributed by atoms with van der Waals surface area (Å²) in [5.74, 6) is -0.00353. The maximum atomic E-state index is 13.1. The fourth-order valence-electron chi connectivity index (χ4n) is 3.19. The molecular weight excluding hydrogens is 442 g/mol. The van der Waals surface area contributed by atoms with Gasteiger partial charge in [0.05, 0.1) is 11.3 Å². The van der Waals surface area contributed by atoms with Crippen LogP contribution in [0.4, 0.5) is 5.82 Å². The normalized spacial score (nSPS) is 10.6. The zero-order valence-electron chi connectivity index (χ0n) is 16.2. The molecular formula is C24H18BrN3O2. The van der Waals surface area contributed by atoms with Crippen molar-refractivity contribution in [3.05, 3.63) is 111 Å². The molecule has 0 aliphatic carbocycles. The molecule has 0 saturated carbocycles. The molecule has 0 atom stereocenters. The van der Waals surface area contributed by atoms with Gasteiger partial charge in [0.1, 0.15) is 11.5 Å². The van der Waals surface area contributed by atoms with Gasteiger partial charge in [0, 0.05) is 10.0 Å². The van der Waals surface area contributed by atoms with E-state index >= 15 is 0 Å². The topological polar surface area (TPSA) is 64.0 Å². The van der Waals surface area contributed by atoms with E-state index in [0.717, 1.165) is 10.2 Å². The number of aryl methyl sites for hydroxylation is 1. The van der Waals surface area contributed by atoms with E-state index in [1.54, 1.807) is 29.8 Å². The Hall–Kier alpha value is -3.51. The van der Waals surface area contributed by atoms with E-state index in [9.17, 15) is 9.59 Å². The Balaban J connectivity index is 1.95. The van der Waals surface area contributed by atoms with E-state index < -0.39 is 0 Å². The van der Waals surface area contributed by atoms with E-state index in [1.165, 1.54) is 0 Å². The number of aromatic nitrogens is 2. The number of amides is 1. The first-order valence-corrected chi connectivity index (χ1v) is 10.2. The van der Waals surface area contributed by atoms with E-state index in [1.807, 2.05) is 66.7 Å². The molecule has 1 heterocycles. The lowest BCUT2D eigenvalue weighted by molar-refractivity contribution is 0.102. The van der Waals surface area contributed by atoms with Crippen LogP contribution in [0.15, 0.2) is 94.2 Å². The minimum Gasteiger partial charge on any atom is -0.306 e. The van der Waals surface area contributed by atoms with Crippen LogP contribution in [0.25, 0.3) is 16.8 Å². The fourth-order valence-corrected chi connectivity index (χ4v) is 3.59. The molecule has 4 rings (SSSR count). The summed E-state index contributed by atoms with van der Waals surface area (Å²) in [5.41, 5.74) is 2.44. The Kier molecular flexibility index (Phi) is 5.59. The number of hydrogen-bond donors (Lipinski definition) is 1. The third-order valence-electron chi connectivity index (χ3n) is 4.64. The van der Waals surface area contributed by atoms with Crippen LogP contribution in [0.5, 0.6) is 0 Å². The Morgan fingerprint density at radius 3 is 2.27 bits per heavy atom. The van der Waals surface area contributed by atoms with Gasteiger partial charge in [0.15, 0.2) is 0 Å². The number of nitrogens with one attached hydrogen (secondary N) is 1. The molecule has 148 valence electrons. The van der Waals surface area contributed by atoms with Crippen LogP contribution >= 0.6 is 15.9 Å². The van der Waals surface area contributed by atoms with Gasteiger partial charge in [0.25, 0.3) is 5.91 Å². The molecule has 0 bridgehead atoms. The molecule has 30 heavy (non-hydrogen) atoms. The van der Waals surface area contributed by atoms with Crippen LogP contribution in [0.1, 0.15) is 16.1 Å². The molecule has 0 radical (unpaired) electrons. The van der Waals surface area contributed by atoms with Crippen molar-refractivity contribution in [2.24, 2.45) is 0 Å². The number of rotatable bonds is 4. The summed E-state index contributed by atoms with van der Waals surface area (Å²) in [7, 11) is 0. The highest BCUT2D eigenvalue weighted by Gasteiger charge is 2.20. The van der Waals surface area contributed by atoms with Crippen molar-refractivity contribution in [1.82, 2.24) is 9.78 Å². The molecule has 0 unspecified atom stereocenters. The maximum absolute atomic E-state index is 13.1. The fraction of sp³-hybridized carbons (Fsp3) is 0.0417. The number of para-hydroxylation sites is 1. The number of anilines is 1. The molecule has 1 N–H and O–H groups in total. The summed E-state index contributed by atoms with van der Waals surface area (Å²) in [4.78, 5) is 26.2. The van der Waals surface area contributed by atoms with Crippen molar-refractivity contribution >= 4 is 27.7 Å². The van der Waals surface area contributed by atoms with Gasteiger partial charge < -0.3 is 5.32 Å². The molecule has 6 heteroatoms. The van der Waals surface area contributed by atoms with E-state index in [-0.39, 0.29) is 11.3 Å². The van der Waals surface area contributed by atoms with Crippen molar-refractivity contribution in [1.29, 1.82) is 0 Å². The van der Waals surface area contributed by atoms with Gasteiger partial charge in [-0.3, -0.25) is 9.59 Å². The van der Waals surface area contributed by atoms with Crippen LogP contribution in [-0.2, 0) is 0 Å². The average molecular weight is 460 g/mol. The number of halogens is 1. The van der Waals surface area contributed by atoms with Crippen molar-refractivity contribution in [3.63, 3.8) is 0 Å². The summed E-state index contributed by atoms with van der Waals surface area (Å²) < 4.78 is 2.40. The van der Waals surface area contributed by atoms with E-state index in [2.05, 4.69) is 26.3 Å². The van der Waals surface area contributed by atoms with Gasteiger partial charge in [-0.1, -0.05) is 70.5 Å². The highest BCUT2D eigenvalue weighted by Crippen LogP contribution is 2.27. The SMILES string of the molecule is Cc1nn(-c2ccccc2)c(NC(=O)c2cccc(Br)c2)c(-c2ccccc2)c1=O.